The smallest absolute Gasteiger partial charge is 0.280 e. The quantitative estimate of drug-likeness (QED) is 0.121. The molecule has 6 rings (SSSR count). The van der Waals surface area contributed by atoms with Crippen molar-refractivity contribution in [2.75, 3.05) is 17.3 Å². The summed E-state index contributed by atoms with van der Waals surface area (Å²) in [5.41, 5.74) is 2.58. The number of para-hydroxylation sites is 2. The molecule has 0 amide bonds. The van der Waals surface area contributed by atoms with Crippen molar-refractivity contribution in [3.63, 3.8) is 0 Å². The molecular weight excluding hydrogens is 709 g/mol. The van der Waals surface area contributed by atoms with Gasteiger partial charge in [-0.05, 0) is 90.0 Å². The van der Waals surface area contributed by atoms with Crippen LogP contribution in [0.15, 0.2) is 118 Å². The molecule has 6 aromatic rings. The zero-order valence-electron chi connectivity index (χ0n) is 25.6. The number of halogens is 3. The first-order chi connectivity index (χ1) is 23.5. The van der Waals surface area contributed by atoms with E-state index in [1.165, 1.54) is 49.6 Å². The summed E-state index contributed by atoms with van der Waals surface area (Å²) in [6.07, 6.45) is 1.58. The summed E-state index contributed by atoms with van der Waals surface area (Å²) in [6, 6.07) is 27.5. The van der Waals surface area contributed by atoms with E-state index in [9.17, 15) is 18.3 Å². The van der Waals surface area contributed by atoms with E-state index >= 15 is 0 Å². The van der Waals surface area contributed by atoms with Crippen molar-refractivity contribution >= 4 is 79.0 Å². The minimum Gasteiger partial charge on any atom is -0.504 e. The number of nitrogens with zero attached hydrogens (tertiary/aromatic N) is 3. The van der Waals surface area contributed by atoms with Crippen LogP contribution in [0.25, 0.3) is 10.9 Å². The summed E-state index contributed by atoms with van der Waals surface area (Å²) in [5, 5.41) is 14.4. The number of fused-ring (bicyclic) bond motifs is 1. The van der Waals surface area contributed by atoms with Gasteiger partial charge in [-0.1, -0.05) is 59.1 Å². The van der Waals surface area contributed by atoms with E-state index in [0.29, 0.717) is 54.5 Å². The first kappa shape index (κ1) is 33.8. The van der Waals surface area contributed by atoms with Crippen molar-refractivity contribution in [2.24, 2.45) is 4.99 Å². The van der Waals surface area contributed by atoms with Gasteiger partial charge in [-0.15, -0.1) is 0 Å². The number of methoxy groups -OCH3 is 1. The third-order valence-corrected chi connectivity index (χ3v) is 9.59. The van der Waals surface area contributed by atoms with E-state index in [2.05, 4.69) is 20.1 Å². The fourth-order valence-electron chi connectivity index (χ4n) is 4.94. The molecule has 0 atom stereocenters. The highest BCUT2D eigenvalue weighted by atomic mass is 35.5. The van der Waals surface area contributed by atoms with Crippen LogP contribution < -0.4 is 20.4 Å². The lowest BCUT2D eigenvalue weighted by Crippen LogP contribution is -2.36. The maximum absolute atomic E-state index is 13.8. The number of phenolic OH excluding ortho intramolecular Hbond substituents is 1. The molecule has 0 radical (unpaired) electrons. The number of aliphatic imine (C=N–C) groups is 1. The van der Waals surface area contributed by atoms with E-state index in [-0.39, 0.29) is 28.3 Å². The molecule has 5 aromatic carbocycles. The molecule has 0 saturated heterocycles. The predicted molar refractivity (Wildman–Crippen MR) is 195 cm³/mol. The molecule has 1 aromatic heterocycles. The number of aromatic nitrogens is 2. The van der Waals surface area contributed by atoms with Crippen molar-refractivity contribution in [2.45, 2.75) is 11.3 Å². The highest BCUT2D eigenvalue weighted by Gasteiger charge is 2.21. The van der Waals surface area contributed by atoms with Crippen molar-refractivity contribution < 1.29 is 18.3 Å². The highest BCUT2D eigenvalue weighted by molar-refractivity contribution is 7.92. The second kappa shape index (κ2) is 14.2. The SMILES string of the molecule is COc1cc(C=Nc2ccc(S(=O)(=O)Nn3c(Cc4ccccc4Nc4c(Cl)cccc4Cl)nc4cc(Cl)ccc4c3=O)cc2)ccc1O. The Bertz CT molecular complexity index is 2380. The number of rotatable bonds is 10. The van der Waals surface area contributed by atoms with Crippen LogP contribution in [0.5, 0.6) is 11.5 Å². The van der Waals surface area contributed by atoms with Crippen molar-refractivity contribution in [3.8, 4) is 11.5 Å². The van der Waals surface area contributed by atoms with Gasteiger partial charge in [0.25, 0.3) is 15.6 Å². The van der Waals surface area contributed by atoms with Gasteiger partial charge in [-0.2, -0.15) is 13.1 Å². The Morgan fingerprint density at radius 3 is 2.39 bits per heavy atom. The molecule has 0 spiro atoms. The molecular formula is C35H26Cl3N5O5S. The molecule has 0 bridgehead atoms. The van der Waals surface area contributed by atoms with Gasteiger partial charge in [-0.3, -0.25) is 9.79 Å². The van der Waals surface area contributed by atoms with Crippen LogP contribution in [0.2, 0.25) is 15.1 Å². The van der Waals surface area contributed by atoms with E-state index in [4.69, 9.17) is 39.5 Å². The van der Waals surface area contributed by atoms with Gasteiger partial charge in [0.15, 0.2) is 11.5 Å². The number of ether oxygens (including phenoxy) is 1. The molecule has 10 nitrogen and oxygen atoms in total. The third kappa shape index (κ3) is 7.50. The Kier molecular flexibility index (Phi) is 9.79. The molecule has 248 valence electrons. The Morgan fingerprint density at radius 1 is 0.918 bits per heavy atom. The van der Waals surface area contributed by atoms with Crippen LogP contribution in [-0.4, -0.2) is 36.5 Å². The molecule has 0 aliphatic rings. The summed E-state index contributed by atoms with van der Waals surface area (Å²) in [5.74, 6) is 0.396. The average Bonchev–Trinajstić information content (AvgIpc) is 3.08. The summed E-state index contributed by atoms with van der Waals surface area (Å²) in [7, 11) is -2.85. The number of hydrogen-bond donors (Lipinski definition) is 3. The zero-order valence-corrected chi connectivity index (χ0v) is 28.6. The average molecular weight is 735 g/mol. The standard InChI is InChI=1S/C35H26Cl3N5O5S/c1-48-32-17-21(9-16-31(32)44)20-39-24-11-13-25(14-12-24)49(46,47)42-43-33(40-30-19-23(36)10-15-26(30)35(43)45)18-22-5-2-3-8-29(22)41-34-27(37)6-4-7-28(34)38/h2-17,19-20,41-42,44H,18H2,1H3. The predicted octanol–water partition coefficient (Wildman–Crippen LogP) is 8.09. The molecule has 0 aliphatic carbocycles. The fraction of sp³-hybridized carbons (Fsp3) is 0.0571. The molecule has 0 saturated carbocycles. The van der Waals surface area contributed by atoms with Crippen molar-refractivity contribution in [3.05, 3.63) is 146 Å². The number of hydrogen-bond acceptors (Lipinski definition) is 8. The normalized spacial score (nSPS) is 11.6. The Labute approximate surface area is 296 Å². The van der Waals surface area contributed by atoms with Gasteiger partial charge in [0.1, 0.15) is 5.82 Å². The van der Waals surface area contributed by atoms with Crippen LogP contribution in [0.3, 0.4) is 0 Å². The topological polar surface area (TPSA) is 135 Å². The highest BCUT2D eigenvalue weighted by Crippen LogP contribution is 2.34. The van der Waals surface area contributed by atoms with Crippen LogP contribution >= 0.6 is 34.8 Å². The summed E-state index contributed by atoms with van der Waals surface area (Å²) >= 11 is 19.0. The van der Waals surface area contributed by atoms with Gasteiger partial charge in [-0.25, -0.2) is 9.82 Å². The molecule has 0 fully saturated rings. The van der Waals surface area contributed by atoms with E-state index in [1.54, 1.807) is 48.7 Å². The largest absolute Gasteiger partial charge is 0.504 e. The van der Waals surface area contributed by atoms with Gasteiger partial charge in [0.05, 0.1) is 44.3 Å². The molecule has 14 heteroatoms. The number of sulfonamides is 1. The molecule has 0 aliphatic heterocycles. The van der Waals surface area contributed by atoms with Gasteiger partial charge >= 0.3 is 0 Å². The lowest BCUT2D eigenvalue weighted by molar-refractivity contribution is 0.373. The molecule has 0 unspecified atom stereocenters. The second-order valence-corrected chi connectivity index (χ2v) is 13.6. The molecule has 3 N–H and O–H groups in total. The first-order valence-corrected chi connectivity index (χ1v) is 17.2. The van der Waals surface area contributed by atoms with Crippen LogP contribution in [0.1, 0.15) is 17.0 Å². The maximum atomic E-state index is 13.8. The lowest BCUT2D eigenvalue weighted by Gasteiger charge is -2.18. The van der Waals surface area contributed by atoms with Crippen LogP contribution in [0, 0.1) is 0 Å². The van der Waals surface area contributed by atoms with Crippen LogP contribution in [0.4, 0.5) is 17.1 Å². The molecule has 49 heavy (non-hydrogen) atoms. The minimum atomic E-state index is -4.29. The van der Waals surface area contributed by atoms with Gasteiger partial charge < -0.3 is 15.2 Å². The Balaban J connectivity index is 1.34. The first-order valence-electron chi connectivity index (χ1n) is 14.6. The number of phenols is 1. The third-order valence-electron chi connectivity index (χ3n) is 7.41. The van der Waals surface area contributed by atoms with Gasteiger partial charge in [0.2, 0.25) is 0 Å². The van der Waals surface area contributed by atoms with Crippen molar-refractivity contribution in [1.29, 1.82) is 0 Å². The number of anilines is 2. The van der Waals surface area contributed by atoms with E-state index in [1.807, 2.05) is 18.2 Å². The summed E-state index contributed by atoms with van der Waals surface area (Å²) < 4.78 is 33.4. The number of benzene rings is 5. The molecule has 1 heterocycles. The Morgan fingerprint density at radius 2 is 1.65 bits per heavy atom. The Hall–Kier alpha value is -5.07. The van der Waals surface area contributed by atoms with Gasteiger partial charge in [0, 0.05) is 23.3 Å². The monoisotopic (exact) mass is 733 g/mol. The number of nitrogens with one attached hydrogen (secondary N) is 2. The number of aromatic hydroxyl groups is 1. The zero-order chi connectivity index (χ0) is 34.7. The lowest BCUT2D eigenvalue weighted by atomic mass is 10.1. The van der Waals surface area contributed by atoms with Crippen molar-refractivity contribution in [1.82, 2.24) is 9.66 Å². The minimum absolute atomic E-state index is 0.00253. The second-order valence-electron chi connectivity index (χ2n) is 10.7. The maximum Gasteiger partial charge on any atom is 0.280 e. The van der Waals surface area contributed by atoms with E-state index < -0.39 is 15.6 Å². The summed E-state index contributed by atoms with van der Waals surface area (Å²) in [4.78, 5) is 25.2. The van der Waals surface area contributed by atoms with E-state index in [0.717, 1.165) is 4.68 Å². The van der Waals surface area contributed by atoms with Crippen LogP contribution in [-0.2, 0) is 16.4 Å². The summed E-state index contributed by atoms with van der Waals surface area (Å²) in [6.45, 7) is 0. The fourth-order valence-corrected chi connectivity index (χ4v) is 6.63.